The van der Waals surface area contributed by atoms with Gasteiger partial charge in [-0.25, -0.2) is 0 Å². The van der Waals surface area contributed by atoms with Crippen molar-refractivity contribution in [1.82, 2.24) is 4.90 Å². The molecule has 0 aromatic carbocycles. The largest absolute Gasteiger partial charge is 0.481 e. The fourth-order valence-corrected chi connectivity index (χ4v) is 1.82. The maximum absolute atomic E-state index is 10.4. The Kier molecular flexibility index (Phi) is 4.87. The highest BCUT2D eigenvalue weighted by Gasteiger charge is 2.19. The summed E-state index contributed by atoms with van der Waals surface area (Å²) in [6.45, 7) is 0. The minimum Gasteiger partial charge on any atom is -0.481 e. The summed E-state index contributed by atoms with van der Waals surface area (Å²) in [5, 5.41) is 8.54. The smallest absolute Gasteiger partial charge is 0.306 e. The Morgan fingerprint density at radius 2 is 1.65 bits per heavy atom. The molecular formula is C12H17NO4. The fourth-order valence-electron chi connectivity index (χ4n) is 1.82. The summed E-state index contributed by atoms with van der Waals surface area (Å²) in [4.78, 5) is 32.2. The van der Waals surface area contributed by atoms with E-state index in [2.05, 4.69) is 0 Å². The van der Waals surface area contributed by atoms with Crippen molar-refractivity contribution in [2.75, 3.05) is 7.05 Å². The number of hydrogen-bond donors (Lipinski definition) is 1. The van der Waals surface area contributed by atoms with Crippen molar-refractivity contribution in [2.24, 2.45) is 5.92 Å². The van der Waals surface area contributed by atoms with Crippen molar-refractivity contribution < 1.29 is 19.5 Å². The lowest BCUT2D eigenvalue weighted by Gasteiger charge is -2.16. The van der Waals surface area contributed by atoms with Crippen LogP contribution >= 0.6 is 0 Å². The Bertz CT molecular complexity index is 324. The van der Waals surface area contributed by atoms with Crippen LogP contribution in [0.3, 0.4) is 0 Å². The summed E-state index contributed by atoms with van der Waals surface area (Å²) in [6.07, 6.45) is 7.74. The van der Waals surface area contributed by atoms with Gasteiger partial charge in [0, 0.05) is 19.2 Å². The highest BCUT2D eigenvalue weighted by atomic mass is 16.4. The second-order valence-electron chi connectivity index (χ2n) is 4.24. The Morgan fingerprint density at radius 1 is 1.18 bits per heavy atom. The predicted octanol–water partition coefficient (Wildman–Crippen LogP) is 1.19. The lowest BCUT2D eigenvalue weighted by atomic mass is 9.90. The molecule has 0 aromatic rings. The van der Waals surface area contributed by atoms with Crippen molar-refractivity contribution in [2.45, 2.75) is 32.1 Å². The van der Waals surface area contributed by atoms with Crippen molar-refractivity contribution >= 4 is 17.8 Å². The molecule has 0 radical (unpaired) electrons. The zero-order valence-corrected chi connectivity index (χ0v) is 9.89. The molecule has 0 unspecified atom stereocenters. The van der Waals surface area contributed by atoms with Crippen LogP contribution in [-0.4, -0.2) is 34.8 Å². The molecule has 1 N–H and O–H groups in total. The second kappa shape index (κ2) is 6.18. The van der Waals surface area contributed by atoms with Gasteiger partial charge in [0.15, 0.2) is 0 Å². The Labute approximate surface area is 100 Å². The van der Waals surface area contributed by atoms with Gasteiger partial charge in [0.05, 0.1) is 5.92 Å². The number of amides is 2. The van der Waals surface area contributed by atoms with E-state index in [0.717, 1.165) is 30.6 Å². The summed E-state index contributed by atoms with van der Waals surface area (Å²) < 4.78 is 0. The van der Waals surface area contributed by atoms with E-state index < -0.39 is 5.97 Å². The molecule has 0 bridgehead atoms. The molecule has 5 heteroatoms. The first-order valence-corrected chi connectivity index (χ1v) is 5.75. The van der Waals surface area contributed by atoms with Crippen molar-refractivity contribution in [3.05, 3.63) is 12.2 Å². The van der Waals surface area contributed by atoms with Crippen LogP contribution in [0.1, 0.15) is 32.1 Å². The molecule has 0 saturated heterocycles. The number of rotatable bonds is 1. The van der Waals surface area contributed by atoms with Gasteiger partial charge in [-0.3, -0.25) is 19.3 Å². The van der Waals surface area contributed by atoms with Crippen LogP contribution in [0.15, 0.2) is 12.2 Å². The van der Waals surface area contributed by atoms with Crippen LogP contribution in [-0.2, 0) is 14.4 Å². The third-order valence-electron chi connectivity index (χ3n) is 2.98. The van der Waals surface area contributed by atoms with Crippen molar-refractivity contribution in [3.63, 3.8) is 0 Å². The lowest BCUT2D eigenvalue weighted by molar-refractivity contribution is -0.142. The van der Waals surface area contributed by atoms with Gasteiger partial charge in [-0.15, -0.1) is 0 Å². The molecule has 2 rings (SSSR count). The van der Waals surface area contributed by atoms with E-state index in [1.807, 2.05) is 0 Å². The van der Waals surface area contributed by atoms with Crippen LogP contribution in [0.25, 0.3) is 0 Å². The first kappa shape index (κ1) is 13.4. The average molecular weight is 239 g/mol. The molecule has 0 aromatic heterocycles. The van der Waals surface area contributed by atoms with Gasteiger partial charge in [-0.2, -0.15) is 0 Å². The topological polar surface area (TPSA) is 74.7 Å². The highest BCUT2D eigenvalue weighted by molar-refractivity contribution is 6.12. The van der Waals surface area contributed by atoms with Gasteiger partial charge >= 0.3 is 5.97 Å². The summed E-state index contributed by atoms with van der Waals surface area (Å²) in [5.74, 6) is -1.11. The standard InChI is InChI=1S/C7H12O2.C5H5NO2/c8-7(9)6-4-2-1-3-5-6;1-6-4(7)2-3-5(6)8/h6H,1-5H2,(H,8,9);2-3H,1H3. The van der Waals surface area contributed by atoms with Gasteiger partial charge in [0.1, 0.15) is 0 Å². The Morgan fingerprint density at radius 3 is 1.88 bits per heavy atom. The molecule has 1 saturated carbocycles. The van der Waals surface area contributed by atoms with E-state index >= 15 is 0 Å². The van der Waals surface area contributed by atoms with Gasteiger partial charge in [-0.05, 0) is 12.8 Å². The van der Waals surface area contributed by atoms with Crippen LogP contribution in [0, 0.1) is 5.92 Å². The Hall–Kier alpha value is -1.65. The number of carboxylic acid groups (broad SMARTS) is 1. The number of carboxylic acids is 1. The summed E-state index contributed by atoms with van der Waals surface area (Å²) in [6, 6.07) is 0. The highest BCUT2D eigenvalue weighted by Crippen LogP contribution is 2.23. The van der Waals surface area contributed by atoms with Gasteiger partial charge in [-0.1, -0.05) is 19.3 Å². The number of nitrogens with zero attached hydrogens (tertiary/aromatic N) is 1. The average Bonchev–Trinajstić information content (AvgIpc) is 2.62. The molecule has 1 aliphatic carbocycles. The summed E-state index contributed by atoms with van der Waals surface area (Å²) in [7, 11) is 1.45. The van der Waals surface area contributed by atoms with E-state index in [1.165, 1.54) is 25.6 Å². The number of likely N-dealkylation sites (N-methyl/N-ethyl adjacent to an activating group) is 1. The molecule has 5 nitrogen and oxygen atoms in total. The molecule has 0 atom stereocenters. The SMILES string of the molecule is CN1C(=O)C=CC1=O.O=C(O)C1CCCCC1. The molecule has 1 aliphatic heterocycles. The minimum atomic E-state index is -0.602. The maximum atomic E-state index is 10.4. The maximum Gasteiger partial charge on any atom is 0.306 e. The van der Waals surface area contributed by atoms with Crippen LogP contribution in [0.5, 0.6) is 0 Å². The van der Waals surface area contributed by atoms with Gasteiger partial charge in [0.25, 0.3) is 11.8 Å². The first-order valence-electron chi connectivity index (χ1n) is 5.75. The number of imide groups is 1. The summed E-state index contributed by atoms with van der Waals surface area (Å²) >= 11 is 0. The van der Waals surface area contributed by atoms with Gasteiger partial charge in [0.2, 0.25) is 0 Å². The van der Waals surface area contributed by atoms with E-state index in [-0.39, 0.29) is 17.7 Å². The number of carbonyl (C=O) groups is 3. The van der Waals surface area contributed by atoms with E-state index in [1.54, 1.807) is 0 Å². The number of hydrogen-bond acceptors (Lipinski definition) is 3. The molecule has 94 valence electrons. The van der Waals surface area contributed by atoms with Crippen molar-refractivity contribution in [3.8, 4) is 0 Å². The number of aliphatic carboxylic acids is 1. The van der Waals surface area contributed by atoms with E-state index in [9.17, 15) is 14.4 Å². The second-order valence-corrected chi connectivity index (χ2v) is 4.24. The van der Waals surface area contributed by atoms with E-state index in [4.69, 9.17) is 5.11 Å². The van der Waals surface area contributed by atoms with Crippen LogP contribution in [0.4, 0.5) is 0 Å². The molecule has 2 amide bonds. The van der Waals surface area contributed by atoms with E-state index in [0.29, 0.717) is 0 Å². The van der Waals surface area contributed by atoms with Crippen molar-refractivity contribution in [1.29, 1.82) is 0 Å². The quantitative estimate of drug-likeness (QED) is 0.697. The molecule has 2 aliphatic rings. The zero-order chi connectivity index (χ0) is 12.8. The van der Waals surface area contributed by atoms with Gasteiger partial charge < -0.3 is 5.11 Å². The molecule has 0 spiro atoms. The Balaban J connectivity index is 0.000000171. The fraction of sp³-hybridized carbons (Fsp3) is 0.583. The predicted molar refractivity (Wildman–Crippen MR) is 61.1 cm³/mol. The first-order chi connectivity index (χ1) is 8.02. The zero-order valence-electron chi connectivity index (χ0n) is 9.89. The lowest BCUT2D eigenvalue weighted by Crippen LogP contribution is -2.24. The molecular weight excluding hydrogens is 222 g/mol. The monoisotopic (exact) mass is 239 g/mol. The number of carbonyl (C=O) groups excluding carboxylic acids is 2. The molecule has 1 fully saturated rings. The van der Waals surface area contributed by atoms with Crippen LogP contribution in [0.2, 0.25) is 0 Å². The normalized spacial score (nSPS) is 20.2. The minimum absolute atomic E-state index is 0.0289. The third-order valence-corrected chi connectivity index (χ3v) is 2.98. The van der Waals surface area contributed by atoms with Crippen LogP contribution < -0.4 is 0 Å². The molecule has 1 heterocycles. The summed E-state index contributed by atoms with van der Waals surface area (Å²) in [5.41, 5.74) is 0. The third kappa shape index (κ3) is 4.01. The molecule has 17 heavy (non-hydrogen) atoms.